The molecule has 5 nitrogen and oxygen atoms in total. The average molecular weight is 582 g/mol. The SMILES string of the molecule is CCOc1cc(/C=C2\SC(=Nc3ccccc3)N(C3CCCCC3)C2=O)cc(Cl)c1OCc1ccc(Cl)cc1. The molecular weight excluding hydrogens is 551 g/mol. The number of ether oxygens (including phenoxy) is 2. The fourth-order valence-electron chi connectivity index (χ4n) is 4.80. The zero-order valence-electron chi connectivity index (χ0n) is 21.7. The first-order chi connectivity index (χ1) is 19.0. The van der Waals surface area contributed by atoms with Gasteiger partial charge in [0, 0.05) is 11.1 Å². The summed E-state index contributed by atoms with van der Waals surface area (Å²) in [5, 5.41) is 1.81. The van der Waals surface area contributed by atoms with Crippen LogP contribution in [0.4, 0.5) is 5.69 Å². The van der Waals surface area contributed by atoms with E-state index in [0.29, 0.717) is 39.7 Å². The monoisotopic (exact) mass is 580 g/mol. The lowest BCUT2D eigenvalue weighted by molar-refractivity contribution is -0.124. The van der Waals surface area contributed by atoms with E-state index in [9.17, 15) is 4.79 Å². The van der Waals surface area contributed by atoms with Crippen LogP contribution in [0.25, 0.3) is 6.08 Å². The lowest BCUT2D eigenvalue weighted by atomic mass is 9.94. The number of nitrogens with zero attached hydrogens (tertiary/aromatic N) is 2. The van der Waals surface area contributed by atoms with E-state index in [4.69, 9.17) is 37.7 Å². The van der Waals surface area contributed by atoms with Gasteiger partial charge in [0.05, 0.1) is 22.2 Å². The van der Waals surface area contributed by atoms with E-state index >= 15 is 0 Å². The third kappa shape index (κ3) is 6.81. The summed E-state index contributed by atoms with van der Waals surface area (Å²) in [5.74, 6) is 0.985. The fraction of sp³-hybridized carbons (Fsp3) is 0.290. The van der Waals surface area contributed by atoms with Gasteiger partial charge >= 0.3 is 0 Å². The Kier molecular flexibility index (Phi) is 9.17. The maximum Gasteiger partial charge on any atom is 0.267 e. The second-order valence-electron chi connectivity index (χ2n) is 9.49. The van der Waals surface area contributed by atoms with Gasteiger partial charge in [-0.25, -0.2) is 4.99 Å². The number of para-hydroxylation sites is 1. The predicted molar refractivity (Wildman–Crippen MR) is 161 cm³/mol. The largest absolute Gasteiger partial charge is 0.490 e. The summed E-state index contributed by atoms with van der Waals surface area (Å²) in [4.78, 5) is 21.1. The Bertz CT molecular complexity index is 1370. The van der Waals surface area contributed by atoms with Crippen molar-refractivity contribution >= 4 is 57.8 Å². The van der Waals surface area contributed by atoms with Crippen LogP contribution in [0.5, 0.6) is 11.5 Å². The number of carbonyl (C=O) groups excluding carboxylic acids is 1. The first-order valence-electron chi connectivity index (χ1n) is 13.2. The second-order valence-corrected chi connectivity index (χ2v) is 11.3. The summed E-state index contributed by atoms with van der Waals surface area (Å²) < 4.78 is 11.9. The molecule has 1 amide bonds. The highest BCUT2D eigenvalue weighted by Crippen LogP contribution is 2.41. The lowest BCUT2D eigenvalue weighted by Crippen LogP contribution is -2.40. The third-order valence-electron chi connectivity index (χ3n) is 6.68. The van der Waals surface area contributed by atoms with Crippen molar-refractivity contribution in [3.05, 3.63) is 92.8 Å². The molecule has 2 fully saturated rings. The molecule has 3 aromatic carbocycles. The van der Waals surface area contributed by atoms with Crippen molar-refractivity contribution in [2.75, 3.05) is 6.61 Å². The number of amides is 1. The Balaban J connectivity index is 1.44. The molecule has 0 aromatic heterocycles. The van der Waals surface area contributed by atoms with Gasteiger partial charge in [-0.2, -0.15) is 0 Å². The Morgan fingerprint density at radius 2 is 1.74 bits per heavy atom. The van der Waals surface area contributed by atoms with Gasteiger partial charge in [0.25, 0.3) is 5.91 Å². The van der Waals surface area contributed by atoms with Crippen molar-refractivity contribution in [3.63, 3.8) is 0 Å². The molecule has 1 aliphatic carbocycles. The van der Waals surface area contributed by atoms with Crippen molar-refractivity contribution in [2.24, 2.45) is 4.99 Å². The summed E-state index contributed by atoms with van der Waals surface area (Å²) in [5.41, 5.74) is 2.56. The zero-order valence-corrected chi connectivity index (χ0v) is 24.1. The summed E-state index contributed by atoms with van der Waals surface area (Å²) in [6.45, 7) is 2.68. The fourth-order valence-corrected chi connectivity index (χ4v) is 6.26. The van der Waals surface area contributed by atoms with E-state index in [1.54, 1.807) is 6.07 Å². The number of halogens is 2. The number of hydrogen-bond donors (Lipinski definition) is 0. The minimum absolute atomic E-state index is 0.0151. The van der Waals surface area contributed by atoms with Crippen molar-refractivity contribution in [1.29, 1.82) is 0 Å². The van der Waals surface area contributed by atoms with Crippen LogP contribution in [0.1, 0.15) is 50.2 Å². The van der Waals surface area contributed by atoms with E-state index in [1.807, 2.05) is 78.6 Å². The van der Waals surface area contributed by atoms with Crippen molar-refractivity contribution in [3.8, 4) is 11.5 Å². The first kappa shape index (κ1) is 27.6. The van der Waals surface area contributed by atoms with Crippen LogP contribution in [-0.2, 0) is 11.4 Å². The van der Waals surface area contributed by atoms with Crippen molar-refractivity contribution in [1.82, 2.24) is 4.90 Å². The quantitative estimate of drug-likeness (QED) is 0.249. The van der Waals surface area contributed by atoms with E-state index < -0.39 is 0 Å². The molecule has 0 radical (unpaired) electrons. The van der Waals surface area contributed by atoms with Crippen LogP contribution in [0.15, 0.2) is 76.6 Å². The standard InChI is InChI=1S/C31H30Cl2N2O3S/c1-2-37-27-18-22(17-26(33)29(27)38-20-21-13-15-23(32)16-14-21)19-28-30(36)35(25-11-7-4-8-12-25)31(39-28)34-24-9-5-3-6-10-24/h3,5-6,9-10,13-19,25H,2,4,7-8,11-12,20H2,1H3/b28-19-,34-31?. The molecule has 39 heavy (non-hydrogen) atoms. The molecule has 1 saturated carbocycles. The minimum atomic E-state index is -0.0151. The second kappa shape index (κ2) is 12.9. The highest BCUT2D eigenvalue weighted by atomic mass is 35.5. The average Bonchev–Trinajstić information content (AvgIpc) is 3.24. The van der Waals surface area contributed by atoms with E-state index in [0.717, 1.165) is 47.7 Å². The van der Waals surface area contributed by atoms with Crippen LogP contribution in [-0.4, -0.2) is 28.6 Å². The van der Waals surface area contributed by atoms with Gasteiger partial charge in [0.15, 0.2) is 16.7 Å². The molecule has 1 heterocycles. The van der Waals surface area contributed by atoms with Crippen molar-refractivity contribution in [2.45, 2.75) is 51.7 Å². The third-order valence-corrected chi connectivity index (χ3v) is 8.20. The number of rotatable bonds is 8. The van der Waals surface area contributed by atoms with Crippen LogP contribution >= 0.6 is 35.0 Å². The highest BCUT2D eigenvalue weighted by Gasteiger charge is 2.38. The molecule has 2 aliphatic rings. The lowest BCUT2D eigenvalue weighted by Gasteiger charge is -2.30. The smallest absolute Gasteiger partial charge is 0.267 e. The van der Waals surface area contributed by atoms with Gasteiger partial charge in [-0.05, 0) is 85.1 Å². The van der Waals surface area contributed by atoms with Crippen LogP contribution < -0.4 is 9.47 Å². The molecule has 1 saturated heterocycles. The topological polar surface area (TPSA) is 51.1 Å². The molecule has 1 aliphatic heterocycles. The van der Waals surface area contributed by atoms with Crippen molar-refractivity contribution < 1.29 is 14.3 Å². The normalized spacial score (nSPS) is 18.2. The maximum absolute atomic E-state index is 13.7. The summed E-state index contributed by atoms with van der Waals surface area (Å²) in [6, 6.07) is 21.1. The number of thioether (sulfide) groups is 1. The van der Waals surface area contributed by atoms with Gasteiger partial charge in [0.2, 0.25) is 0 Å². The zero-order chi connectivity index (χ0) is 27.2. The molecular formula is C31H30Cl2N2O3S. The first-order valence-corrected chi connectivity index (χ1v) is 14.8. The Morgan fingerprint density at radius 1 is 1.00 bits per heavy atom. The van der Waals surface area contributed by atoms with Crippen LogP contribution in [0.2, 0.25) is 10.0 Å². The van der Waals surface area contributed by atoms with Gasteiger partial charge < -0.3 is 9.47 Å². The molecule has 8 heteroatoms. The van der Waals surface area contributed by atoms with E-state index in [2.05, 4.69) is 0 Å². The molecule has 0 N–H and O–H groups in total. The Hall–Kier alpha value is -2.93. The number of benzene rings is 3. The molecule has 202 valence electrons. The molecule has 3 aromatic rings. The van der Waals surface area contributed by atoms with E-state index in [-0.39, 0.29) is 11.9 Å². The number of hydrogen-bond acceptors (Lipinski definition) is 5. The molecule has 0 unspecified atom stereocenters. The summed E-state index contributed by atoms with van der Waals surface area (Å²) >= 11 is 14.1. The summed E-state index contributed by atoms with van der Waals surface area (Å²) in [6.07, 6.45) is 7.32. The minimum Gasteiger partial charge on any atom is -0.490 e. The van der Waals surface area contributed by atoms with Gasteiger partial charge in [-0.3, -0.25) is 9.69 Å². The van der Waals surface area contributed by atoms with Crippen LogP contribution in [0, 0.1) is 0 Å². The molecule has 0 spiro atoms. The molecule has 5 rings (SSSR count). The van der Waals surface area contributed by atoms with Gasteiger partial charge in [-0.1, -0.05) is 72.8 Å². The van der Waals surface area contributed by atoms with Crippen LogP contribution in [0.3, 0.4) is 0 Å². The Labute approximate surface area is 243 Å². The highest BCUT2D eigenvalue weighted by molar-refractivity contribution is 8.18. The van der Waals surface area contributed by atoms with Gasteiger partial charge in [-0.15, -0.1) is 0 Å². The summed E-state index contributed by atoms with van der Waals surface area (Å²) in [7, 11) is 0. The maximum atomic E-state index is 13.7. The number of aliphatic imine (C=N–C) groups is 1. The number of amidine groups is 1. The molecule has 0 bridgehead atoms. The predicted octanol–water partition coefficient (Wildman–Crippen LogP) is 8.91. The van der Waals surface area contributed by atoms with E-state index in [1.165, 1.54) is 18.2 Å². The number of carbonyl (C=O) groups is 1. The molecule has 0 atom stereocenters. The Morgan fingerprint density at radius 3 is 2.46 bits per heavy atom. The van der Waals surface area contributed by atoms with Gasteiger partial charge in [0.1, 0.15) is 6.61 Å².